The number of nitrogens with one attached hydrogen (secondary N) is 1. The van der Waals surface area contributed by atoms with Crippen LogP contribution in [0.25, 0.3) is 0 Å². The molecule has 1 aliphatic heterocycles. The molecule has 4 heteroatoms. The first-order valence-electron chi connectivity index (χ1n) is 6.03. The first-order valence-corrected chi connectivity index (χ1v) is 6.91. The summed E-state index contributed by atoms with van der Waals surface area (Å²) < 4.78 is 5.35. The van der Waals surface area contributed by atoms with Gasteiger partial charge in [-0.1, -0.05) is 0 Å². The second kappa shape index (κ2) is 6.33. The molecule has 1 N–H and O–H groups in total. The summed E-state index contributed by atoms with van der Waals surface area (Å²) in [5.41, 5.74) is 3.12. The van der Waals surface area contributed by atoms with Crippen molar-refractivity contribution in [1.29, 1.82) is 0 Å². The van der Waals surface area contributed by atoms with Crippen LogP contribution in [0.3, 0.4) is 0 Å². The van der Waals surface area contributed by atoms with Gasteiger partial charge < -0.3 is 10.1 Å². The van der Waals surface area contributed by atoms with Gasteiger partial charge in [0.1, 0.15) is 0 Å². The zero-order valence-electron chi connectivity index (χ0n) is 9.87. The Hall–Kier alpha value is -0.450. The van der Waals surface area contributed by atoms with E-state index < -0.39 is 0 Å². The first kappa shape index (κ1) is 12.0. The number of aromatic nitrogens is 1. The van der Waals surface area contributed by atoms with Crippen LogP contribution in [0.15, 0.2) is 5.51 Å². The Kier molecular flexibility index (Phi) is 4.75. The molecule has 2 rings (SSSR count). The van der Waals surface area contributed by atoms with E-state index in [0.717, 1.165) is 38.6 Å². The number of ether oxygens (including phenoxy) is 1. The molecule has 0 bridgehead atoms. The maximum absolute atomic E-state index is 5.35. The topological polar surface area (TPSA) is 34.2 Å². The standard InChI is InChI=1S/C12H20N2OS/c1-10-12(16-9-14-10)3-6-13-5-2-11-4-7-15-8-11/h9,11,13H,2-8H2,1H3. The van der Waals surface area contributed by atoms with Gasteiger partial charge in [-0.3, -0.25) is 0 Å². The average molecular weight is 240 g/mol. The smallest absolute Gasteiger partial charge is 0.0797 e. The lowest BCUT2D eigenvalue weighted by Crippen LogP contribution is -2.20. The molecule has 16 heavy (non-hydrogen) atoms. The molecule has 0 aliphatic carbocycles. The van der Waals surface area contributed by atoms with Crippen molar-refractivity contribution in [3.05, 3.63) is 16.1 Å². The molecule has 0 amide bonds. The highest BCUT2D eigenvalue weighted by Crippen LogP contribution is 2.15. The molecule has 3 nitrogen and oxygen atoms in total. The van der Waals surface area contributed by atoms with Crippen molar-refractivity contribution in [2.75, 3.05) is 26.3 Å². The van der Waals surface area contributed by atoms with Gasteiger partial charge in [0, 0.05) is 24.6 Å². The van der Waals surface area contributed by atoms with Gasteiger partial charge in [-0.05, 0) is 38.6 Å². The van der Waals surface area contributed by atoms with E-state index in [4.69, 9.17) is 4.74 Å². The molecule has 0 radical (unpaired) electrons. The fourth-order valence-corrected chi connectivity index (χ4v) is 2.79. The second-order valence-electron chi connectivity index (χ2n) is 4.38. The molecule has 1 fully saturated rings. The third-order valence-corrected chi connectivity index (χ3v) is 4.12. The Morgan fingerprint density at radius 3 is 3.19 bits per heavy atom. The Bertz CT molecular complexity index is 308. The van der Waals surface area contributed by atoms with E-state index in [0.29, 0.717) is 0 Å². The third kappa shape index (κ3) is 3.54. The number of hydrogen-bond donors (Lipinski definition) is 1. The summed E-state index contributed by atoms with van der Waals surface area (Å²) in [5.74, 6) is 0.789. The van der Waals surface area contributed by atoms with Crippen molar-refractivity contribution in [3.63, 3.8) is 0 Å². The molecular weight excluding hydrogens is 220 g/mol. The van der Waals surface area contributed by atoms with E-state index in [-0.39, 0.29) is 0 Å². The predicted molar refractivity (Wildman–Crippen MR) is 67.0 cm³/mol. The highest BCUT2D eigenvalue weighted by molar-refractivity contribution is 7.09. The number of hydrogen-bond acceptors (Lipinski definition) is 4. The quantitative estimate of drug-likeness (QED) is 0.772. The largest absolute Gasteiger partial charge is 0.381 e. The van der Waals surface area contributed by atoms with Gasteiger partial charge in [-0.25, -0.2) is 4.98 Å². The van der Waals surface area contributed by atoms with E-state index in [1.165, 1.54) is 23.4 Å². The molecule has 90 valence electrons. The van der Waals surface area contributed by atoms with E-state index in [9.17, 15) is 0 Å². The van der Waals surface area contributed by atoms with E-state index in [1.54, 1.807) is 11.3 Å². The van der Waals surface area contributed by atoms with Gasteiger partial charge in [-0.15, -0.1) is 11.3 Å². The summed E-state index contributed by atoms with van der Waals surface area (Å²) in [6.45, 7) is 6.20. The van der Waals surface area contributed by atoms with Crippen LogP contribution in [0.1, 0.15) is 23.4 Å². The molecule has 0 aromatic carbocycles. The van der Waals surface area contributed by atoms with Gasteiger partial charge in [0.05, 0.1) is 11.2 Å². The third-order valence-electron chi connectivity index (χ3n) is 3.13. The van der Waals surface area contributed by atoms with Crippen LogP contribution >= 0.6 is 11.3 Å². The van der Waals surface area contributed by atoms with Crippen LogP contribution in [0.5, 0.6) is 0 Å². The fraction of sp³-hybridized carbons (Fsp3) is 0.750. The van der Waals surface area contributed by atoms with Crippen LogP contribution < -0.4 is 5.32 Å². The lowest BCUT2D eigenvalue weighted by atomic mass is 10.1. The molecule has 1 aliphatic rings. The molecule has 2 heterocycles. The molecular formula is C12H20N2OS. The minimum absolute atomic E-state index is 0.789. The Balaban J connectivity index is 1.53. The molecule has 1 aromatic rings. The van der Waals surface area contributed by atoms with Crippen molar-refractivity contribution in [2.45, 2.75) is 26.2 Å². The van der Waals surface area contributed by atoms with Crippen molar-refractivity contribution in [2.24, 2.45) is 5.92 Å². The van der Waals surface area contributed by atoms with E-state index >= 15 is 0 Å². The minimum Gasteiger partial charge on any atom is -0.381 e. The summed E-state index contributed by atoms with van der Waals surface area (Å²) in [6, 6.07) is 0. The zero-order chi connectivity index (χ0) is 11.2. The van der Waals surface area contributed by atoms with E-state index in [2.05, 4.69) is 17.2 Å². The van der Waals surface area contributed by atoms with Crippen molar-refractivity contribution in [1.82, 2.24) is 10.3 Å². The number of nitrogens with zero attached hydrogens (tertiary/aromatic N) is 1. The van der Waals surface area contributed by atoms with E-state index in [1.807, 2.05) is 5.51 Å². The number of aryl methyl sites for hydroxylation is 1. The van der Waals surface area contributed by atoms with Gasteiger partial charge in [0.2, 0.25) is 0 Å². The molecule has 1 aromatic heterocycles. The van der Waals surface area contributed by atoms with Crippen molar-refractivity contribution < 1.29 is 4.74 Å². The second-order valence-corrected chi connectivity index (χ2v) is 5.32. The lowest BCUT2D eigenvalue weighted by Gasteiger charge is -2.08. The molecule has 0 spiro atoms. The van der Waals surface area contributed by atoms with Gasteiger partial charge in [0.15, 0.2) is 0 Å². The maximum Gasteiger partial charge on any atom is 0.0797 e. The normalized spacial score (nSPS) is 20.4. The Morgan fingerprint density at radius 1 is 1.56 bits per heavy atom. The Labute approximate surface area is 101 Å². The first-order chi connectivity index (χ1) is 7.86. The monoisotopic (exact) mass is 240 g/mol. The zero-order valence-corrected chi connectivity index (χ0v) is 10.7. The fourth-order valence-electron chi connectivity index (χ4n) is 2.01. The molecule has 1 saturated heterocycles. The Morgan fingerprint density at radius 2 is 2.50 bits per heavy atom. The lowest BCUT2D eigenvalue weighted by molar-refractivity contribution is 0.184. The van der Waals surface area contributed by atoms with Gasteiger partial charge >= 0.3 is 0 Å². The predicted octanol–water partition coefficient (Wildman–Crippen LogP) is 2.01. The van der Waals surface area contributed by atoms with Crippen LogP contribution in [-0.4, -0.2) is 31.3 Å². The molecule has 1 atom stereocenters. The number of rotatable bonds is 6. The van der Waals surface area contributed by atoms with Gasteiger partial charge in [-0.2, -0.15) is 0 Å². The summed E-state index contributed by atoms with van der Waals surface area (Å²) in [4.78, 5) is 5.67. The maximum atomic E-state index is 5.35. The van der Waals surface area contributed by atoms with Crippen LogP contribution in [0, 0.1) is 12.8 Å². The average Bonchev–Trinajstić information content (AvgIpc) is 2.90. The highest BCUT2D eigenvalue weighted by Gasteiger charge is 2.14. The summed E-state index contributed by atoms with van der Waals surface area (Å²) in [6.07, 6.45) is 3.61. The summed E-state index contributed by atoms with van der Waals surface area (Å²) >= 11 is 1.76. The molecule has 1 unspecified atom stereocenters. The molecule has 0 saturated carbocycles. The summed E-state index contributed by atoms with van der Waals surface area (Å²) in [5, 5.41) is 3.50. The minimum atomic E-state index is 0.789. The van der Waals surface area contributed by atoms with Crippen LogP contribution in [-0.2, 0) is 11.2 Å². The van der Waals surface area contributed by atoms with Crippen LogP contribution in [0.4, 0.5) is 0 Å². The number of thiazole rings is 1. The SMILES string of the molecule is Cc1ncsc1CCNCCC1CCOC1. The van der Waals surface area contributed by atoms with Gasteiger partial charge in [0.25, 0.3) is 0 Å². The van der Waals surface area contributed by atoms with Crippen LogP contribution in [0.2, 0.25) is 0 Å². The highest BCUT2D eigenvalue weighted by atomic mass is 32.1. The van der Waals surface area contributed by atoms with Crippen molar-refractivity contribution in [3.8, 4) is 0 Å². The summed E-state index contributed by atoms with van der Waals surface area (Å²) in [7, 11) is 0. The van der Waals surface area contributed by atoms with Crippen molar-refractivity contribution >= 4 is 11.3 Å².